The van der Waals surface area contributed by atoms with Crippen LogP contribution in [-0.4, -0.2) is 58.8 Å². The first-order chi connectivity index (χ1) is 15.7. The molecule has 1 aliphatic heterocycles. The second-order valence-corrected chi connectivity index (χ2v) is 10.5. The predicted molar refractivity (Wildman–Crippen MR) is 125 cm³/mol. The first-order valence-electron chi connectivity index (χ1n) is 10.5. The topological polar surface area (TPSA) is 122 Å². The number of sulfonamides is 1. The van der Waals surface area contributed by atoms with E-state index in [2.05, 4.69) is 14.9 Å². The van der Waals surface area contributed by atoms with Gasteiger partial charge in [-0.15, -0.1) is 11.3 Å². The van der Waals surface area contributed by atoms with E-state index in [1.807, 2.05) is 5.38 Å². The number of nitro benzene ring substituents is 1. The summed E-state index contributed by atoms with van der Waals surface area (Å²) in [6.45, 7) is 5.27. The highest BCUT2D eigenvalue weighted by molar-refractivity contribution is 7.89. The van der Waals surface area contributed by atoms with Gasteiger partial charge >= 0.3 is 0 Å². The van der Waals surface area contributed by atoms with Crippen molar-refractivity contribution >= 4 is 32.2 Å². The molecule has 2 aromatic heterocycles. The molecule has 0 bridgehead atoms. The minimum Gasteiger partial charge on any atom is -0.345 e. The molecule has 0 saturated carbocycles. The van der Waals surface area contributed by atoms with Crippen molar-refractivity contribution in [1.82, 2.24) is 19.3 Å². The Balaban J connectivity index is 1.34. The highest BCUT2D eigenvalue weighted by Crippen LogP contribution is 2.25. The maximum Gasteiger partial charge on any atom is 0.269 e. The lowest BCUT2D eigenvalue weighted by molar-refractivity contribution is -0.384. The lowest BCUT2D eigenvalue weighted by Gasteiger charge is -2.33. The van der Waals surface area contributed by atoms with Crippen LogP contribution in [0.4, 0.5) is 10.8 Å². The number of nitro groups is 1. The molecule has 1 saturated heterocycles. The van der Waals surface area contributed by atoms with Gasteiger partial charge in [0.1, 0.15) is 10.7 Å². The molecule has 0 unspecified atom stereocenters. The number of nitrogens with zero attached hydrogens (tertiary/aromatic N) is 6. The van der Waals surface area contributed by atoms with E-state index in [4.69, 9.17) is 4.98 Å². The van der Waals surface area contributed by atoms with Crippen molar-refractivity contribution in [1.29, 1.82) is 0 Å². The minimum atomic E-state index is -3.64. The summed E-state index contributed by atoms with van der Waals surface area (Å²) in [4.78, 5) is 25.6. The summed E-state index contributed by atoms with van der Waals surface area (Å²) in [6, 6.07) is 6.57. The Kier molecular flexibility index (Phi) is 6.68. The van der Waals surface area contributed by atoms with E-state index < -0.39 is 14.9 Å². The Bertz CT molecular complexity index is 1250. The quantitative estimate of drug-likeness (QED) is 0.367. The van der Waals surface area contributed by atoms with Gasteiger partial charge in [0.2, 0.25) is 10.0 Å². The van der Waals surface area contributed by atoms with E-state index in [1.54, 1.807) is 37.3 Å². The lowest BCUT2D eigenvalue weighted by atomic mass is 10.1. The van der Waals surface area contributed by atoms with Crippen LogP contribution in [0.3, 0.4) is 0 Å². The zero-order chi connectivity index (χ0) is 23.6. The first-order valence-corrected chi connectivity index (χ1v) is 12.8. The van der Waals surface area contributed by atoms with E-state index >= 15 is 0 Å². The third-order valence-corrected chi connectivity index (χ3v) is 8.49. The van der Waals surface area contributed by atoms with E-state index in [1.165, 1.54) is 22.6 Å². The number of aryl methyl sites for hydroxylation is 4. The second-order valence-electron chi connectivity index (χ2n) is 7.80. The van der Waals surface area contributed by atoms with Gasteiger partial charge in [-0.05, 0) is 32.3 Å². The summed E-state index contributed by atoms with van der Waals surface area (Å²) in [5.74, 6) is 0.546. The largest absolute Gasteiger partial charge is 0.345 e. The molecule has 0 amide bonds. The summed E-state index contributed by atoms with van der Waals surface area (Å²) in [7, 11) is -3.64. The van der Waals surface area contributed by atoms with Crippen LogP contribution in [0.25, 0.3) is 0 Å². The van der Waals surface area contributed by atoms with Gasteiger partial charge in [0.25, 0.3) is 5.69 Å². The molecule has 33 heavy (non-hydrogen) atoms. The molecule has 1 fully saturated rings. The van der Waals surface area contributed by atoms with Crippen molar-refractivity contribution < 1.29 is 13.3 Å². The number of non-ortho nitro benzene ring substituents is 1. The van der Waals surface area contributed by atoms with Crippen LogP contribution in [-0.2, 0) is 22.9 Å². The standard InChI is InChI=1S/C21H24N6O4S2/c1-15-20(13-22-16(2)23-15)33(30,31)26-11-9-25(10-12-26)21-24-18(14-32-21)6-3-17-4-7-19(8-5-17)27(28)29/h4-5,7-8,13-14H,3,6,9-12H2,1-2H3. The monoisotopic (exact) mass is 488 g/mol. The molecule has 4 rings (SSSR count). The molecular formula is C21H24N6O4S2. The van der Waals surface area contributed by atoms with Gasteiger partial charge in [0.05, 0.1) is 22.5 Å². The van der Waals surface area contributed by atoms with Gasteiger partial charge in [-0.1, -0.05) is 12.1 Å². The van der Waals surface area contributed by atoms with Crippen LogP contribution in [0.15, 0.2) is 40.7 Å². The highest BCUT2D eigenvalue weighted by atomic mass is 32.2. The van der Waals surface area contributed by atoms with E-state index in [-0.39, 0.29) is 10.6 Å². The van der Waals surface area contributed by atoms with E-state index in [0.717, 1.165) is 29.2 Å². The summed E-state index contributed by atoms with van der Waals surface area (Å²) >= 11 is 1.54. The second kappa shape index (κ2) is 9.49. The normalized spacial score (nSPS) is 15.0. The number of rotatable bonds is 7. The number of thiazole rings is 1. The molecule has 0 aliphatic carbocycles. The SMILES string of the molecule is Cc1ncc(S(=O)(=O)N2CCN(c3nc(CCc4ccc([N+](=O)[O-])cc4)cs3)CC2)c(C)n1. The molecule has 1 aliphatic rings. The van der Waals surface area contributed by atoms with Crippen LogP contribution >= 0.6 is 11.3 Å². The van der Waals surface area contributed by atoms with Gasteiger partial charge in [-0.2, -0.15) is 4.31 Å². The Morgan fingerprint density at radius 2 is 1.76 bits per heavy atom. The average molecular weight is 489 g/mol. The Labute approximate surface area is 196 Å². The average Bonchev–Trinajstić information content (AvgIpc) is 3.27. The van der Waals surface area contributed by atoms with Crippen molar-refractivity contribution in [2.75, 3.05) is 31.1 Å². The molecule has 3 aromatic rings. The number of hydrogen-bond acceptors (Lipinski definition) is 9. The summed E-state index contributed by atoms with van der Waals surface area (Å²) in [6.07, 6.45) is 2.86. The van der Waals surface area contributed by atoms with Crippen molar-refractivity contribution in [3.63, 3.8) is 0 Å². The van der Waals surface area contributed by atoms with Gasteiger partial charge in [-0.3, -0.25) is 10.1 Å². The summed E-state index contributed by atoms with van der Waals surface area (Å²) in [5, 5.41) is 13.7. The molecule has 3 heterocycles. The van der Waals surface area contributed by atoms with Crippen molar-refractivity contribution in [3.8, 4) is 0 Å². The van der Waals surface area contributed by atoms with Gasteiger partial charge in [0, 0.05) is 43.7 Å². The number of piperazine rings is 1. The molecular weight excluding hydrogens is 464 g/mol. The fraction of sp³-hybridized carbons (Fsp3) is 0.381. The Morgan fingerprint density at radius 1 is 1.06 bits per heavy atom. The van der Waals surface area contributed by atoms with Gasteiger partial charge in [-0.25, -0.2) is 23.4 Å². The molecule has 12 heteroatoms. The van der Waals surface area contributed by atoms with Crippen LogP contribution in [0, 0.1) is 24.0 Å². The number of benzene rings is 1. The summed E-state index contributed by atoms with van der Waals surface area (Å²) < 4.78 is 27.5. The molecule has 0 N–H and O–H groups in total. The molecule has 0 radical (unpaired) electrons. The maximum atomic E-state index is 13.0. The molecule has 10 nitrogen and oxygen atoms in total. The third kappa shape index (κ3) is 5.18. The molecule has 1 aromatic carbocycles. The number of anilines is 1. The minimum absolute atomic E-state index is 0.0842. The van der Waals surface area contributed by atoms with Crippen LogP contribution < -0.4 is 4.90 Å². The van der Waals surface area contributed by atoms with Crippen molar-refractivity contribution in [2.45, 2.75) is 31.6 Å². The van der Waals surface area contributed by atoms with E-state index in [0.29, 0.717) is 37.7 Å². The number of aromatic nitrogens is 3. The third-order valence-electron chi connectivity index (χ3n) is 5.54. The zero-order valence-corrected chi connectivity index (χ0v) is 20.0. The van der Waals surface area contributed by atoms with E-state index in [9.17, 15) is 18.5 Å². The summed E-state index contributed by atoms with van der Waals surface area (Å²) in [5.41, 5.74) is 2.52. The lowest BCUT2D eigenvalue weighted by Crippen LogP contribution is -2.48. The first kappa shape index (κ1) is 23.2. The Hall–Kier alpha value is -2.96. The van der Waals surface area contributed by atoms with Gasteiger partial charge in [0.15, 0.2) is 5.13 Å². The molecule has 174 valence electrons. The fourth-order valence-electron chi connectivity index (χ4n) is 3.70. The zero-order valence-electron chi connectivity index (χ0n) is 18.3. The predicted octanol–water partition coefficient (Wildman–Crippen LogP) is 2.75. The highest BCUT2D eigenvalue weighted by Gasteiger charge is 2.31. The van der Waals surface area contributed by atoms with Crippen LogP contribution in [0.5, 0.6) is 0 Å². The van der Waals surface area contributed by atoms with Crippen molar-refractivity contribution in [2.24, 2.45) is 0 Å². The molecule has 0 spiro atoms. The number of hydrogen-bond donors (Lipinski definition) is 0. The van der Waals surface area contributed by atoms with Gasteiger partial charge < -0.3 is 4.90 Å². The van der Waals surface area contributed by atoms with Crippen LogP contribution in [0.1, 0.15) is 22.8 Å². The maximum absolute atomic E-state index is 13.0. The van der Waals surface area contributed by atoms with Crippen molar-refractivity contribution in [3.05, 3.63) is 68.7 Å². The molecule has 0 atom stereocenters. The smallest absolute Gasteiger partial charge is 0.269 e. The fourth-order valence-corrected chi connectivity index (χ4v) is 6.14. The van der Waals surface area contributed by atoms with Crippen LogP contribution in [0.2, 0.25) is 0 Å². The Morgan fingerprint density at radius 3 is 2.39 bits per heavy atom.